The normalized spacial score (nSPS) is 20.0. The molecule has 2 aliphatic rings. The Morgan fingerprint density at radius 1 is 1.15 bits per heavy atom. The Morgan fingerprint density at radius 2 is 1.85 bits per heavy atom. The molecule has 1 aliphatic carbocycles. The zero-order valence-electron chi connectivity index (χ0n) is 16.7. The molecule has 0 aromatic heterocycles. The molecular formula is C21H35IN4O. The lowest BCUT2D eigenvalue weighted by Gasteiger charge is -2.36. The number of para-hydroxylation sites is 1. The van der Waals surface area contributed by atoms with E-state index >= 15 is 0 Å². The Bertz CT molecular complexity index is 583. The van der Waals surface area contributed by atoms with E-state index in [1.54, 1.807) is 7.11 Å². The SMILES string of the molecule is CN=C(NCC(c1ccccc1OC)N1CCCCC1)NC1CCCC1.I. The Kier molecular flexibility index (Phi) is 9.68. The minimum atomic E-state index is 0. The summed E-state index contributed by atoms with van der Waals surface area (Å²) in [6.07, 6.45) is 9.05. The van der Waals surface area contributed by atoms with E-state index in [1.807, 2.05) is 13.1 Å². The van der Waals surface area contributed by atoms with Gasteiger partial charge in [0, 0.05) is 25.2 Å². The third-order valence-electron chi connectivity index (χ3n) is 5.71. The summed E-state index contributed by atoms with van der Waals surface area (Å²) in [5.41, 5.74) is 1.26. The van der Waals surface area contributed by atoms with E-state index in [4.69, 9.17) is 4.74 Å². The number of ether oxygens (including phenoxy) is 1. The maximum absolute atomic E-state index is 5.66. The van der Waals surface area contributed by atoms with E-state index in [-0.39, 0.29) is 24.0 Å². The summed E-state index contributed by atoms with van der Waals surface area (Å²) in [6, 6.07) is 9.30. The van der Waals surface area contributed by atoms with Gasteiger partial charge in [-0.05, 0) is 44.8 Å². The lowest BCUT2D eigenvalue weighted by Crippen LogP contribution is -2.46. The van der Waals surface area contributed by atoms with Gasteiger partial charge in [0.2, 0.25) is 0 Å². The lowest BCUT2D eigenvalue weighted by atomic mass is 10.0. The number of piperidine rings is 1. The van der Waals surface area contributed by atoms with Crippen molar-refractivity contribution in [2.45, 2.75) is 57.0 Å². The summed E-state index contributed by atoms with van der Waals surface area (Å²) in [6.45, 7) is 3.14. The summed E-state index contributed by atoms with van der Waals surface area (Å²) in [4.78, 5) is 7.04. The molecule has 1 saturated carbocycles. The van der Waals surface area contributed by atoms with Gasteiger partial charge in [0.1, 0.15) is 5.75 Å². The number of nitrogens with zero attached hydrogens (tertiary/aromatic N) is 2. The molecule has 3 rings (SSSR count). The molecule has 1 unspecified atom stereocenters. The first-order valence-electron chi connectivity index (χ1n) is 10.2. The van der Waals surface area contributed by atoms with Crippen LogP contribution in [0.2, 0.25) is 0 Å². The summed E-state index contributed by atoms with van der Waals surface area (Å²) < 4.78 is 5.66. The van der Waals surface area contributed by atoms with Crippen LogP contribution in [0.4, 0.5) is 0 Å². The maximum atomic E-state index is 5.66. The van der Waals surface area contributed by atoms with Gasteiger partial charge in [-0.2, -0.15) is 0 Å². The van der Waals surface area contributed by atoms with Gasteiger partial charge in [-0.15, -0.1) is 24.0 Å². The highest BCUT2D eigenvalue weighted by atomic mass is 127. The fourth-order valence-corrected chi connectivity index (χ4v) is 4.26. The number of guanidine groups is 1. The van der Waals surface area contributed by atoms with Crippen molar-refractivity contribution in [2.75, 3.05) is 33.8 Å². The van der Waals surface area contributed by atoms with Crippen molar-refractivity contribution in [3.8, 4) is 5.75 Å². The number of likely N-dealkylation sites (tertiary alicyclic amines) is 1. The van der Waals surface area contributed by atoms with Gasteiger partial charge in [-0.3, -0.25) is 9.89 Å². The number of rotatable bonds is 6. The molecule has 0 amide bonds. The van der Waals surface area contributed by atoms with E-state index in [1.165, 1.54) is 50.5 Å². The van der Waals surface area contributed by atoms with Gasteiger partial charge in [-0.1, -0.05) is 37.5 Å². The predicted octanol–water partition coefficient (Wildman–Crippen LogP) is 3.95. The second kappa shape index (κ2) is 11.7. The third-order valence-corrected chi connectivity index (χ3v) is 5.71. The smallest absolute Gasteiger partial charge is 0.191 e. The zero-order chi connectivity index (χ0) is 18.2. The van der Waals surface area contributed by atoms with Crippen molar-refractivity contribution in [1.82, 2.24) is 15.5 Å². The van der Waals surface area contributed by atoms with Crippen molar-refractivity contribution >= 4 is 29.9 Å². The van der Waals surface area contributed by atoms with Gasteiger partial charge in [0.15, 0.2) is 5.96 Å². The van der Waals surface area contributed by atoms with Crippen LogP contribution in [-0.4, -0.2) is 50.7 Å². The average molecular weight is 486 g/mol. The van der Waals surface area contributed by atoms with E-state index in [9.17, 15) is 0 Å². The summed E-state index contributed by atoms with van der Waals surface area (Å²) in [7, 11) is 3.63. The number of aliphatic imine (C=N–C) groups is 1. The molecule has 1 aromatic carbocycles. The van der Waals surface area contributed by atoms with Crippen molar-refractivity contribution in [2.24, 2.45) is 4.99 Å². The number of halogens is 1. The van der Waals surface area contributed by atoms with Crippen molar-refractivity contribution in [3.05, 3.63) is 29.8 Å². The number of hydrogen-bond donors (Lipinski definition) is 2. The molecule has 1 heterocycles. The Morgan fingerprint density at radius 3 is 2.52 bits per heavy atom. The van der Waals surface area contributed by atoms with Crippen LogP contribution in [0.15, 0.2) is 29.3 Å². The molecule has 152 valence electrons. The third kappa shape index (κ3) is 6.24. The number of nitrogens with one attached hydrogen (secondary N) is 2. The largest absolute Gasteiger partial charge is 0.496 e. The van der Waals surface area contributed by atoms with Gasteiger partial charge in [0.25, 0.3) is 0 Å². The van der Waals surface area contributed by atoms with Crippen molar-refractivity contribution in [1.29, 1.82) is 0 Å². The number of hydrogen-bond acceptors (Lipinski definition) is 3. The molecule has 2 N–H and O–H groups in total. The fourth-order valence-electron chi connectivity index (χ4n) is 4.26. The van der Waals surface area contributed by atoms with Crippen LogP contribution in [-0.2, 0) is 0 Å². The second-order valence-electron chi connectivity index (χ2n) is 7.43. The lowest BCUT2D eigenvalue weighted by molar-refractivity contribution is 0.161. The maximum Gasteiger partial charge on any atom is 0.191 e. The molecule has 27 heavy (non-hydrogen) atoms. The Hall–Kier alpha value is -1.02. The van der Waals surface area contributed by atoms with Gasteiger partial charge in [0.05, 0.1) is 13.2 Å². The fraction of sp³-hybridized carbons (Fsp3) is 0.667. The van der Waals surface area contributed by atoms with Crippen LogP contribution in [0.5, 0.6) is 5.75 Å². The number of methoxy groups -OCH3 is 1. The standard InChI is InChI=1S/C21H34N4O.HI/c1-22-21(24-17-10-4-5-11-17)23-16-19(25-14-8-3-9-15-25)18-12-6-7-13-20(18)26-2;/h6-7,12-13,17,19H,3-5,8-11,14-16H2,1-2H3,(H2,22,23,24);1H. The van der Waals surface area contributed by atoms with Crippen molar-refractivity contribution < 1.29 is 4.74 Å². The molecule has 1 aromatic rings. The quantitative estimate of drug-likeness (QED) is 0.363. The van der Waals surface area contributed by atoms with Crippen molar-refractivity contribution in [3.63, 3.8) is 0 Å². The minimum absolute atomic E-state index is 0. The Balaban J connectivity index is 0.00000261. The first-order valence-corrected chi connectivity index (χ1v) is 10.2. The van der Waals surface area contributed by atoms with Crippen LogP contribution in [0, 0.1) is 0 Å². The van der Waals surface area contributed by atoms with E-state index in [2.05, 4.69) is 38.7 Å². The van der Waals surface area contributed by atoms with Crippen LogP contribution < -0.4 is 15.4 Å². The van der Waals surface area contributed by atoms with E-state index in [0.717, 1.165) is 31.3 Å². The van der Waals surface area contributed by atoms with Gasteiger partial charge < -0.3 is 15.4 Å². The molecule has 0 bridgehead atoms. The molecule has 0 radical (unpaired) electrons. The summed E-state index contributed by atoms with van der Waals surface area (Å²) in [5, 5.41) is 7.18. The van der Waals surface area contributed by atoms with Crippen LogP contribution in [0.1, 0.15) is 56.6 Å². The molecule has 5 nitrogen and oxygen atoms in total. The average Bonchev–Trinajstić information content (AvgIpc) is 3.21. The molecule has 1 aliphatic heterocycles. The zero-order valence-corrected chi connectivity index (χ0v) is 19.1. The summed E-state index contributed by atoms with van der Waals surface area (Å²) in [5.74, 6) is 1.90. The molecular weight excluding hydrogens is 451 g/mol. The highest BCUT2D eigenvalue weighted by Crippen LogP contribution is 2.30. The van der Waals surface area contributed by atoms with Gasteiger partial charge >= 0.3 is 0 Å². The Labute approximate surface area is 181 Å². The predicted molar refractivity (Wildman–Crippen MR) is 123 cm³/mol. The minimum Gasteiger partial charge on any atom is -0.496 e. The molecule has 2 fully saturated rings. The topological polar surface area (TPSA) is 48.9 Å². The second-order valence-corrected chi connectivity index (χ2v) is 7.43. The van der Waals surface area contributed by atoms with Gasteiger partial charge in [-0.25, -0.2) is 0 Å². The van der Waals surface area contributed by atoms with E-state index in [0.29, 0.717) is 12.1 Å². The molecule has 1 atom stereocenters. The van der Waals surface area contributed by atoms with E-state index < -0.39 is 0 Å². The monoisotopic (exact) mass is 486 g/mol. The van der Waals surface area contributed by atoms with Crippen LogP contribution in [0.25, 0.3) is 0 Å². The van der Waals surface area contributed by atoms with Crippen LogP contribution in [0.3, 0.4) is 0 Å². The first kappa shape index (κ1) is 22.3. The highest BCUT2D eigenvalue weighted by molar-refractivity contribution is 14.0. The van der Waals surface area contributed by atoms with Crippen LogP contribution >= 0.6 is 24.0 Å². The number of benzene rings is 1. The molecule has 1 saturated heterocycles. The molecule has 6 heteroatoms. The summed E-state index contributed by atoms with van der Waals surface area (Å²) >= 11 is 0. The first-order chi connectivity index (χ1) is 12.8. The highest BCUT2D eigenvalue weighted by Gasteiger charge is 2.25. The molecule has 0 spiro atoms.